The number of rotatable bonds is 5. The van der Waals surface area contributed by atoms with Gasteiger partial charge in [0.05, 0.1) is 23.8 Å². The number of aromatic nitrogens is 1. The summed E-state index contributed by atoms with van der Waals surface area (Å²) >= 11 is 1.52. The molecule has 0 spiro atoms. The fraction of sp³-hybridized carbons (Fsp3) is 0.667. The summed E-state index contributed by atoms with van der Waals surface area (Å²) in [5.41, 5.74) is 0.843. The normalized spacial score (nSPS) is 10.6. The van der Waals surface area contributed by atoms with E-state index in [1.54, 1.807) is 7.11 Å². The lowest BCUT2D eigenvalue weighted by Gasteiger charge is -2.11. The van der Waals surface area contributed by atoms with Gasteiger partial charge in [0.25, 0.3) is 0 Å². The second-order valence-corrected chi connectivity index (χ2v) is 4.03. The number of methoxy groups -OCH3 is 1. The highest BCUT2D eigenvalue weighted by Crippen LogP contribution is 2.25. The van der Waals surface area contributed by atoms with Gasteiger partial charge in [0.15, 0.2) is 5.13 Å². The third kappa shape index (κ3) is 2.43. The van der Waals surface area contributed by atoms with Crippen molar-refractivity contribution >= 4 is 16.5 Å². The molecule has 14 heavy (non-hydrogen) atoms. The van der Waals surface area contributed by atoms with Gasteiger partial charge < -0.3 is 14.7 Å². The van der Waals surface area contributed by atoms with Crippen LogP contribution in [0.4, 0.5) is 5.13 Å². The lowest BCUT2D eigenvalue weighted by molar-refractivity contribution is 0.179. The summed E-state index contributed by atoms with van der Waals surface area (Å²) in [7, 11) is 3.61. The summed E-state index contributed by atoms with van der Waals surface area (Å²) < 4.78 is 5.01. The first-order chi connectivity index (χ1) is 6.72. The number of thiazole rings is 1. The van der Waals surface area contributed by atoms with E-state index < -0.39 is 0 Å². The van der Waals surface area contributed by atoms with Crippen molar-refractivity contribution in [2.75, 3.05) is 25.6 Å². The molecule has 1 aromatic rings. The van der Waals surface area contributed by atoms with Gasteiger partial charge in [0.2, 0.25) is 0 Å². The Labute approximate surface area is 88.1 Å². The second-order valence-electron chi connectivity index (χ2n) is 2.97. The summed E-state index contributed by atoms with van der Waals surface area (Å²) in [6.07, 6.45) is 0. The van der Waals surface area contributed by atoms with Crippen molar-refractivity contribution in [2.45, 2.75) is 20.1 Å². The van der Waals surface area contributed by atoms with Gasteiger partial charge in [-0.25, -0.2) is 4.98 Å². The maximum atomic E-state index is 9.11. The van der Waals surface area contributed by atoms with E-state index >= 15 is 0 Å². The summed E-state index contributed by atoms with van der Waals surface area (Å²) in [4.78, 5) is 7.34. The Morgan fingerprint density at radius 2 is 2.29 bits per heavy atom. The van der Waals surface area contributed by atoms with Crippen LogP contribution in [-0.4, -0.2) is 30.8 Å². The van der Waals surface area contributed by atoms with Crippen LogP contribution in [0.25, 0.3) is 0 Å². The number of nitrogens with zero attached hydrogens (tertiary/aromatic N) is 2. The first kappa shape index (κ1) is 11.4. The van der Waals surface area contributed by atoms with Crippen LogP contribution < -0.4 is 4.90 Å². The molecule has 1 rings (SSSR count). The summed E-state index contributed by atoms with van der Waals surface area (Å²) in [5.74, 6) is 0. The highest BCUT2D eigenvalue weighted by atomic mass is 32.1. The van der Waals surface area contributed by atoms with Crippen molar-refractivity contribution in [3.05, 3.63) is 10.6 Å². The predicted octanol–water partition coefficient (Wildman–Crippen LogP) is 1.24. The van der Waals surface area contributed by atoms with E-state index in [1.807, 2.05) is 11.9 Å². The van der Waals surface area contributed by atoms with Crippen molar-refractivity contribution in [3.8, 4) is 0 Å². The quantitative estimate of drug-likeness (QED) is 0.804. The van der Waals surface area contributed by atoms with Gasteiger partial charge in [-0.2, -0.15) is 0 Å². The maximum Gasteiger partial charge on any atom is 0.185 e. The number of anilines is 1. The van der Waals surface area contributed by atoms with Crippen LogP contribution in [0.1, 0.15) is 17.5 Å². The molecular formula is C9H16N2O2S. The van der Waals surface area contributed by atoms with Gasteiger partial charge in [-0.1, -0.05) is 11.3 Å². The molecule has 0 unspecified atom stereocenters. The van der Waals surface area contributed by atoms with Crippen molar-refractivity contribution in [1.82, 2.24) is 4.98 Å². The summed E-state index contributed by atoms with van der Waals surface area (Å²) in [5, 5.41) is 10.0. The zero-order valence-electron chi connectivity index (χ0n) is 8.78. The van der Waals surface area contributed by atoms with Gasteiger partial charge in [0, 0.05) is 20.7 Å². The molecule has 0 atom stereocenters. The lowest BCUT2D eigenvalue weighted by Crippen LogP contribution is -2.15. The molecule has 1 heterocycles. The molecule has 0 fully saturated rings. The van der Waals surface area contributed by atoms with E-state index in [4.69, 9.17) is 9.84 Å². The lowest BCUT2D eigenvalue weighted by atomic mass is 10.4. The fourth-order valence-corrected chi connectivity index (χ4v) is 1.99. The van der Waals surface area contributed by atoms with Gasteiger partial charge in [-0.3, -0.25) is 0 Å². The average molecular weight is 216 g/mol. The van der Waals surface area contributed by atoms with E-state index in [9.17, 15) is 0 Å². The number of aliphatic hydroxyl groups is 1. The smallest absolute Gasteiger partial charge is 0.185 e. The van der Waals surface area contributed by atoms with E-state index in [0.717, 1.165) is 22.2 Å². The molecule has 5 heteroatoms. The van der Waals surface area contributed by atoms with Crippen LogP contribution in [0.15, 0.2) is 0 Å². The Hall–Kier alpha value is -0.650. The molecule has 1 aromatic heterocycles. The molecule has 0 aromatic carbocycles. The largest absolute Gasteiger partial charge is 0.391 e. The summed E-state index contributed by atoms with van der Waals surface area (Å²) in [6.45, 7) is 3.47. The van der Waals surface area contributed by atoms with Crippen molar-refractivity contribution < 1.29 is 9.84 Å². The first-order valence-corrected chi connectivity index (χ1v) is 5.34. The number of ether oxygens (including phenoxy) is 1. The molecule has 0 saturated carbocycles. The average Bonchev–Trinajstić information content (AvgIpc) is 2.60. The summed E-state index contributed by atoms with van der Waals surface area (Å²) in [6, 6.07) is 0. The molecule has 0 saturated heterocycles. The third-order valence-electron chi connectivity index (χ3n) is 1.99. The zero-order valence-corrected chi connectivity index (χ0v) is 9.60. The van der Waals surface area contributed by atoms with Crippen LogP contribution >= 0.6 is 11.3 Å². The minimum atomic E-state index is 0.0356. The molecule has 0 amide bonds. The standard InChI is InChI=1S/C9H16N2O2S/c1-4-11(2)9-10-7(6-13-3)8(5-12)14-9/h12H,4-6H2,1-3H3. The number of aliphatic hydroxyl groups excluding tert-OH is 1. The van der Waals surface area contributed by atoms with Crippen LogP contribution in [0.5, 0.6) is 0 Å². The molecule has 4 nitrogen and oxygen atoms in total. The fourth-order valence-electron chi connectivity index (χ4n) is 1.04. The highest BCUT2D eigenvalue weighted by Gasteiger charge is 2.11. The number of hydrogen-bond acceptors (Lipinski definition) is 5. The van der Waals surface area contributed by atoms with Crippen molar-refractivity contribution in [3.63, 3.8) is 0 Å². The molecule has 80 valence electrons. The molecule has 0 bridgehead atoms. The van der Waals surface area contributed by atoms with Crippen LogP contribution in [0, 0.1) is 0 Å². The molecule has 0 aliphatic carbocycles. The maximum absolute atomic E-state index is 9.11. The van der Waals surface area contributed by atoms with Crippen molar-refractivity contribution in [2.24, 2.45) is 0 Å². The predicted molar refractivity (Wildman–Crippen MR) is 57.7 cm³/mol. The van der Waals surface area contributed by atoms with Crippen LogP contribution in [-0.2, 0) is 18.0 Å². The van der Waals surface area contributed by atoms with E-state index in [1.165, 1.54) is 11.3 Å². The topological polar surface area (TPSA) is 45.6 Å². The monoisotopic (exact) mass is 216 g/mol. The Kier molecular flexibility index (Phi) is 4.31. The van der Waals surface area contributed by atoms with Crippen molar-refractivity contribution in [1.29, 1.82) is 0 Å². The van der Waals surface area contributed by atoms with Gasteiger partial charge >= 0.3 is 0 Å². The Bertz CT molecular complexity index is 288. The van der Waals surface area contributed by atoms with Gasteiger partial charge in [-0.15, -0.1) is 0 Å². The zero-order chi connectivity index (χ0) is 10.6. The minimum absolute atomic E-state index is 0.0356. The Balaban J connectivity index is 2.88. The van der Waals surface area contributed by atoms with E-state index in [-0.39, 0.29) is 6.61 Å². The SMILES string of the molecule is CCN(C)c1nc(COC)c(CO)s1. The molecule has 0 aliphatic rings. The van der Waals surface area contributed by atoms with Crippen LogP contribution in [0.2, 0.25) is 0 Å². The molecule has 1 N–H and O–H groups in total. The third-order valence-corrected chi connectivity index (χ3v) is 3.19. The molecular weight excluding hydrogens is 200 g/mol. The second kappa shape index (κ2) is 5.29. The first-order valence-electron chi connectivity index (χ1n) is 4.52. The molecule has 0 aliphatic heterocycles. The van der Waals surface area contributed by atoms with E-state index in [0.29, 0.717) is 6.61 Å². The van der Waals surface area contributed by atoms with Gasteiger partial charge in [0.1, 0.15) is 0 Å². The van der Waals surface area contributed by atoms with E-state index in [2.05, 4.69) is 11.9 Å². The van der Waals surface area contributed by atoms with Crippen LogP contribution in [0.3, 0.4) is 0 Å². The Morgan fingerprint density at radius 1 is 1.57 bits per heavy atom. The number of hydrogen-bond donors (Lipinski definition) is 1. The minimum Gasteiger partial charge on any atom is -0.391 e. The van der Waals surface area contributed by atoms with Gasteiger partial charge in [-0.05, 0) is 6.92 Å². The highest BCUT2D eigenvalue weighted by molar-refractivity contribution is 7.15. The Morgan fingerprint density at radius 3 is 2.79 bits per heavy atom. The molecule has 0 radical (unpaired) electrons.